The molecule has 1 saturated heterocycles. The van der Waals surface area contributed by atoms with Crippen molar-refractivity contribution in [3.63, 3.8) is 0 Å². The number of carbonyl (C=O) groups is 3. The number of nitrogens with one attached hydrogen (secondary N) is 3. The van der Waals surface area contributed by atoms with Crippen LogP contribution in [0.25, 0.3) is 0 Å². The number of carbonyl (C=O) groups excluding carboxylic acids is 3. The fourth-order valence-electron chi connectivity index (χ4n) is 5.75. The van der Waals surface area contributed by atoms with E-state index in [0.717, 1.165) is 64.2 Å². The number of hydrogen-bond donors (Lipinski definition) is 4. The van der Waals surface area contributed by atoms with Gasteiger partial charge in [-0.25, -0.2) is 4.79 Å². The molecule has 3 fully saturated rings. The van der Waals surface area contributed by atoms with E-state index < -0.39 is 18.2 Å². The molecule has 0 bridgehead atoms. The smallest absolute Gasteiger partial charge is 0.408 e. The largest absolute Gasteiger partial charge is 0.447 e. The summed E-state index contributed by atoms with van der Waals surface area (Å²) in [4.78, 5) is 40.8. The molecule has 3 rings (SSSR count). The standard InChI is InChI=1S/C25H43N5O4/c1-16(2)34-25(33)29-21(18-7-4-3-5-8-18)24(32)30-14-6-9-20(30)23(31)28-15-17-10-12-19(13-11-17)22(26)27/h16-21H,3-15H2,1-2H3,(H3,26,27)(H,28,31)(H,29,33)/t17?,19?,20-,21+/m0/s1. The fourth-order valence-corrected chi connectivity index (χ4v) is 5.75. The minimum atomic E-state index is -0.651. The molecular weight excluding hydrogens is 434 g/mol. The van der Waals surface area contributed by atoms with E-state index in [4.69, 9.17) is 15.9 Å². The third kappa shape index (κ3) is 7.09. The van der Waals surface area contributed by atoms with Crippen molar-refractivity contribution in [3.05, 3.63) is 0 Å². The van der Waals surface area contributed by atoms with E-state index in [2.05, 4.69) is 10.6 Å². The molecule has 0 spiro atoms. The Bertz CT molecular complexity index is 729. The van der Waals surface area contributed by atoms with Gasteiger partial charge in [0.1, 0.15) is 12.1 Å². The highest BCUT2D eigenvalue weighted by molar-refractivity contribution is 5.92. The number of likely N-dealkylation sites (tertiary alicyclic amines) is 1. The molecule has 0 aromatic rings. The lowest BCUT2D eigenvalue weighted by Crippen LogP contribution is -2.56. The molecule has 5 N–H and O–H groups in total. The van der Waals surface area contributed by atoms with Crippen LogP contribution in [-0.4, -0.2) is 59.9 Å². The minimum Gasteiger partial charge on any atom is -0.447 e. The zero-order valence-electron chi connectivity index (χ0n) is 20.8. The van der Waals surface area contributed by atoms with Crippen LogP contribution in [0.3, 0.4) is 0 Å². The van der Waals surface area contributed by atoms with Gasteiger partial charge in [-0.15, -0.1) is 0 Å². The summed E-state index contributed by atoms with van der Waals surface area (Å²) in [6, 6.07) is -1.14. The van der Waals surface area contributed by atoms with Crippen molar-refractivity contribution in [2.45, 2.75) is 103 Å². The number of nitrogens with zero attached hydrogens (tertiary/aromatic N) is 1. The zero-order valence-corrected chi connectivity index (χ0v) is 20.8. The lowest BCUT2D eigenvalue weighted by molar-refractivity contribution is -0.141. The van der Waals surface area contributed by atoms with E-state index >= 15 is 0 Å². The van der Waals surface area contributed by atoms with Crippen LogP contribution < -0.4 is 16.4 Å². The Balaban J connectivity index is 1.59. The van der Waals surface area contributed by atoms with Gasteiger partial charge in [-0.3, -0.25) is 15.0 Å². The topological polar surface area (TPSA) is 138 Å². The number of ether oxygens (including phenoxy) is 1. The summed E-state index contributed by atoms with van der Waals surface area (Å²) >= 11 is 0. The predicted octanol–water partition coefficient (Wildman–Crippen LogP) is 2.92. The maximum atomic E-state index is 13.6. The summed E-state index contributed by atoms with van der Waals surface area (Å²) < 4.78 is 5.27. The third-order valence-corrected chi connectivity index (χ3v) is 7.69. The Hall–Kier alpha value is -2.32. The molecule has 1 heterocycles. The number of rotatable bonds is 8. The highest BCUT2D eigenvalue weighted by Crippen LogP contribution is 2.30. The van der Waals surface area contributed by atoms with Crippen molar-refractivity contribution in [2.24, 2.45) is 23.5 Å². The van der Waals surface area contributed by atoms with Crippen LogP contribution in [0.5, 0.6) is 0 Å². The fraction of sp³-hybridized carbons (Fsp3) is 0.840. The van der Waals surface area contributed by atoms with E-state index in [1.165, 1.54) is 0 Å². The van der Waals surface area contributed by atoms with Crippen LogP contribution in [0.4, 0.5) is 4.79 Å². The van der Waals surface area contributed by atoms with Crippen LogP contribution in [0.15, 0.2) is 0 Å². The first-order valence-corrected chi connectivity index (χ1v) is 13.2. The first-order valence-electron chi connectivity index (χ1n) is 13.2. The molecule has 2 saturated carbocycles. The number of nitrogens with two attached hydrogens (primary N) is 1. The van der Waals surface area contributed by atoms with Gasteiger partial charge >= 0.3 is 6.09 Å². The summed E-state index contributed by atoms with van der Waals surface area (Å²) in [5.41, 5.74) is 5.64. The van der Waals surface area contributed by atoms with E-state index in [0.29, 0.717) is 25.4 Å². The molecule has 9 nitrogen and oxygen atoms in total. The Morgan fingerprint density at radius 2 is 1.68 bits per heavy atom. The second-order valence-electron chi connectivity index (χ2n) is 10.6. The zero-order chi connectivity index (χ0) is 24.7. The van der Waals surface area contributed by atoms with Crippen molar-refractivity contribution in [3.8, 4) is 0 Å². The van der Waals surface area contributed by atoms with E-state index in [9.17, 15) is 14.4 Å². The maximum absolute atomic E-state index is 13.6. The molecule has 3 amide bonds. The van der Waals surface area contributed by atoms with Gasteiger partial charge in [0.05, 0.1) is 11.9 Å². The number of alkyl carbamates (subject to hydrolysis) is 1. The Morgan fingerprint density at radius 3 is 2.29 bits per heavy atom. The molecule has 0 aromatic carbocycles. The van der Waals surface area contributed by atoms with Crippen molar-refractivity contribution in [1.82, 2.24) is 15.5 Å². The Kier molecular flexibility index (Phi) is 9.59. The second-order valence-corrected chi connectivity index (χ2v) is 10.6. The lowest BCUT2D eigenvalue weighted by atomic mass is 9.81. The number of amides is 3. The third-order valence-electron chi connectivity index (χ3n) is 7.69. The summed E-state index contributed by atoms with van der Waals surface area (Å²) in [6.07, 6.45) is 9.30. The van der Waals surface area contributed by atoms with Gasteiger partial charge in [0.15, 0.2) is 0 Å². The first-order chi connectivity index (χ1) is 16.3. The summed E-state index contributed by atoms with van der Waals surface area (Å²) in [5.74, 6) is 0.621. The van der Waals surface area contributed by atoms with Crippen LogP contribution in [0.2, 0.25) is 0 Å². The van der Waals surface area contributed by atoms with Crippen molar-refractivity contribution >= 4 is 23.7 Å². The molecule has 0 aromatic heterocycles. The maximum Gasteiger partial charge on any atom is 0.408 e. The first kappa shape index (κ1) is 26.3. The van der Waals surface area contributed by atoms with E-state index in [1.807, 2.05) is 0 Å². The highest BCUT2D eigenvalue weighted by Gasteiger charge is 2.41. The minimum absolute atomic E-state index is 0.0711. The van der Waals surface area contributed by atoms with E-state index in [-0.39, 0.29) is 35.6 Å². The number of hydrogen-bond acceptors (Lipinski definition) is 5. The molecule has 0 radical (unpaired) electrons. The van der Waals surface area contributed by atoms with Gasteiger partial charge in [-0.05, 0) is 77.0 Å². The molecule has 0 unspecified atom stereocenters. The quantitative estimate of drug-likeness (QED) is 0.315. The average Bonchev–Trinajstić information content (AvgIpc) is 3.31. The molecule has 34 heavy (non-hydrogen) atoms. The summed E-state index contributed by atoms with van der Waals surface area (Å²) in [6.45, 7) is 4.69. The number of amidine groups is 1. The molecule has 9 heteroatoms. The summed E-state index contributed by atoms with van der Waals surface area (Å²) in [7, 11) is 0. The normalized spacial score (nSPS) is 26.7. The van der Waals surface area contributed by atoms with Crippen LogP contribution >= 0.6 is 0 Å². The van der Waals surface area contributed by atoms with Crippen molar-refractivity contribution in [2.75, 3.05) is 13.1 Å². The monoisotopic (exact) mass is 477 g/mol. The Labute approximate surface area is 203 Å². The SMILES string of the molecule is CC(C)OC(=O)N[C@@H](C(=O)N1CCC[C@H]1C(=O)NCC1CCC(C(=N)N)CC1)C1CCCCC1. The van der Waals surface area contributed by atoms with Crippen molar-refractivity contribution in [1.29, 1.82) is 5.41 Å². The molecule has 2 aliphatic carbocycles. The van der Waals surface area contributed by atoms with Crippen LogP contribution in [0.1, 0.15) is 84.5 Å². The van der Waals surface area contributed by atoms with Crippen molar-refractivity contribution < 1.29 is 19.1 Å². The lowest BCUT2D eigenvalue weighted by Gasteiger charge is -2.34. The second kappa shape index (κ2) is 12.4. The van der Waals surface area contributed by atoms with E-state index in [1.54, 1.807) is 18.7 Å². The van der Waals surface area contributed by atoms with Crippen LogP contribution in [-0.2, 0) is 14.3 Å². The average molecular weight is 478 g/mol. The molecule has 1 aliphatic heterocycles. The van der Waals surface area contributed by atoms with Gasteiger partial charge < -0.3 is 26.0 Å². The molecule has 2 atom stereocenters. The highest BCUT2D eigenvalue weighted by atomic mass is 16.6. The van der Waals surface area contributed by atoms with Gasteiger partial charge in [-0.1, -0.05) is 19.3 Å². The molecular formula is C25H43N5O4. The van der Waals surface area contributed by atoms with Gasteiger partial charge in [0, 0.05) is 19.0 Å². The van der Waals surface area contributed by atoms with Gasteiger partial charge in [-0.2, -0.15) is 0 Å². The molecule has 3 aliphatic rings. The van der Waals surface area contributed by atoms with Gasteiger partial charge in [0.25, 0.3) is 0 Å². The predicted molar refractivity (Wildman–Crippen MR) is 130 cm³/mol. The summed E-state index contributed by atoms with van der Waals surface area (Å²) in [5, 5.41) is 13.5. The molecule has 192 valence electrons. The van der Waals surface area contributed by atoms with Gasteiger partial charge in [0.2, 0.25) is 11.8 Å². The Morgan fingerprint density at radius 1 is 1.00 bits per heavy atom. The van der Waals surface area contributed by atoms with Crippen LogP contribution in [0, 0.1) is 23.2 Å².